The van der Waals surface area contributed by atoms with E-state index in [1.807, 2.05) is 32.9 Å². The summed E-state index contributed by atoms with van der Waals surface area (Å²) in [5.41, 5.74) is 2.76. The number of rotatable bonds is 6. The summed E-state index contributed by atoms with van der Waals surface area (Å²) < 4.78 is 14.6. The highest BCUT2D eigenvalue weighted by molar-refractivity contribution is 6.30. The van der Waals surface area contributed by atoms with Crippen molar-refractivity contribution in [3.05, 3.63) is 58.4 Å². The van der Waals surface area contributed by atoms with Gasteiger partial charge < -0.3 is 4.84 Å². The molecule has 5 heteroatoms. The zero-order chi connectivity index (χ0) is 21.3. The van der Waals surface area contributed by atoms with Crippen molar-refractivity contribution in [1.29, 1.82) is 0 Å². The molecule has 1 atom stereocenters. The third kappa shape index (κ3) is 4.69. The third-order valence-electron chi connectivity index (χ3n) is 5.53. The molecule has 29 heavy (non-hydrogen) atoms. The first-order valence-electron chi connectivity index (χ1n) is 9.98. The Morgan fingerprint density at radius 3 is 2.45 bits per heavy atom. The Hall–Kier alpha value is -2.20. The minimum Gasteiger partial charge on any atom is -0.389 e. The lowest BCUT2D eigenvalue weighted by molar-refractivity contribution is -0.0384. The number of carbonyl (C=O) groups excluding carboxylic acids is 1. The molecule has 3 rings (SSSR count). The Morgan fingerprint density at radius 2 is 1.86 bits per heavy atom. The van der Waals surface area contributed by atoms with E-state index in [9.17, 15) is 9.18 Å². The number of carbonyl (C=O) groups is 1. The molecule has 0 amide bonds. The Morgan fingerprint density at radius 1 is 1.17 bits per heavy atom. The molecule has 0 bridgehead atoms. The first kappa shape index (κ1) is 21.5. The predicted octanol–water partition coefficient (Wildman–Crippen LogP) is 6.91. The van der Waals surface area contributed by atoms with E-state index in [1.54, 1.807) is 18.2 Å². The minimum absolute atomic E-state index is 0.0311. The molecule has 0 aliphatic carbocycles. The lowest BCUT2D eigenvalue weighted by Gasteiger charge is -2.25. The summed E-state index contributed by atoms with van der Waals surface area (Å²) in [6, 6.07) is 10.0. The van der Waals surface area contributed by atoms with Gasteiger partial charge in [0.2, 0.25) is 0 Å². The van der Waals surface area contributed by atoms with E-state index < -0.39 is 5.82 Å². The summed E-state index contributed by atoms with van der Waals surface area (Å²) in [6.45, 7) is 10.2. The number of halogens is 2. The van der Waals surface area contributed by atoms with Crippen molar-refractivity contribution >= 4 is 23.1 Å². The van der Waals surface area contributed by atoms with Crippen LogP contribution in [0.4, 0.5) is 4.39 Å². The van der Waals surface area contributed by atoms with Gasteiger partial charge in [0.05, 0.1) is 5.71 Å². The van der Waals surface area contributed by atoms with Gasteiger partial charge in [-0.05, 0) is 60.7 Å². The van der Waals surface area contributed by atoms with E-state index >= 15 is 0 Å². The van der Waals surface area contributed by atoms with Gasteiger partial charge in [-0.3, -0.25) is 4.79 Å². The predicted molar refractivity (Wildman–Crippen MR) is 116 cm³/mol. The molecule has 3 nitrogen and oxygen atoms in total. The second-order valence-electron chi connectivity index (χ2n) is 8.72. The fourth-order valence-corrected chi connectivity index (χ4v) is 3.50. The van der Waals surface area contributed by atoms with Crippen molar-refractivity contribution in [1.82, 2.24) is 0 Å². The normalized spacial score (nSPS) is 18.9. The van der Waals surface area contributed by atoms with Crippen LogP contribution in [0.1, 0.15) is 63.4 Å². The maximum absolute atomic E-state index is 14.6. The van der Waals surface area contributed by atoms with Crippen molar-refractivity contribution in [2.75, 3.05) is 0 Å². The maximum Gasteiger partial charge on any atom is 0.163 e. The zero-order valence-corrected chi connectivity index (χ0v) is 18.3. The van der Waals surface area contributed by atoms with E-state index in [0.717, 1.165) is 11.3 Å². The fraction of sp³-hybridized carbons (Fsp3) is 0.417. The molecular formula is C24H27ClFNO2. The van der Waals surface area contributed by atoms with Gasteiger partial charge >= 0.3 is 0 Å². The maximum atomic E-state index is 14.6. The van der Waals surface area contributed by atoms with Crippen molar-refractivity contribution < 1.29 is 14.0 Å². The van der Waals surface area contributed by atoms with Crippen LogP contribution >= 0.6 is 11.6 Å². The number of Topliss-reactive ketones (excluding diaryl/α,β-unsaturated/α-hetero) is 1. The van der Waals surface area contributed by atoms with Crippen molar-refractivity contribution in [3.63, 3.8) is 0 Å². The first-order valence-corrected chi connectivity index (χ1v) is 10.4. The van der Waals surface area contributed by atoms with Gasteiger partial charge in [-0.25, -0.2) is 4.39 Å². The lowest BCUT2D eigenvalue weighted by atomic mass is 9.85. The molecule has 2 aromatic carbocycles. The van der Waals surface area contributed by atoms with Gasteiger partial charge in [-0.1, -0.05) is 44.5 Å². The quantitative estimate of drug-likeness (QED) is 0.480. The molecule has 0 saturated heterocycles. The van der Waals surface area contributed by atoms with E-state index in [-0.39, 0.29) is 23.2 Å². The van der Waals surface area contributed by atoms with Crippen LogP contribution in [0.3, 0.4) is 0 Å². The summed E-state index contributed by atoms with van der Waals surface area (Å²) in [6.07, 6.45) is 1.06. The molecule has 0 fully saturated rings. The Bertz CT molecular complexity index is 967. The second-order valence-corrected chi connectivity index (χ2v) is 9.15. The number of oxime groups is 1. The largest absolute Gasteiger partial charge is 0.389 e. The Labute approximate surface area is 176 Å². The molecule has 0 saturated carbocycles. The van der Waals surface area contributed by atoms with Crippen LogP contribution in [0.5, 0.6) is 0 Å². The van der Waals surface area contributed by atoms with Crippen LogP contribution in [0.25, 0.3) is 11.1 Å². The molecule has 2 aromatic rings. The average molecular weight is 416 g/mol. The number of benzene rings is 2. The minimum atomic E-state index is -0.423. The second kappa shape index (κ2) is 8.27. The number of hydrogen-bond donors (Lipinski definition) is 0. The van der Waals surface area contributed by atoms with Gasteiger partial charge in [0.1, 0.15) is 11.4 Å². The van der Waals surface area contributed by atoms with Crippen LogP contribution in [-0.4, -0.2) is 17.1 Å². The summed E-state index contributed by atoms with van der Waals surface area (Å²) in [7, 11) is 0. The SMILES string of the molecule is CC(C)CC(=O)c1cc(C2=NOC(C)(C(C)C)C2)cc(-c2ccc(Cl)cc2F)c1. The van der Waals surface area contributed by atoms with E-state index in [1.165, 1.54) is 6.07 Å². The highest BCUT2D eigenvalue weighted by Gasteiger charge is 2.38. The Balaban J connectivity index is 2.08. The smallest absolute Gasteiger partial charge is 0.163 e. The molecule has 1 heterocycles. The third-order valence-corrected chi connectivity index (χ3v) is 5.76. The number of nitrogens with zero attached hydrogens (tertiary/aromatic N) is 1. The lowest BCUT2D eigenvalue weighted by Crippen LogP contribution is -2.31. The zero-order valence-electron chi connectivity index (χ0n) is 17.6. The molecule has 154 valence electrons. The first-order chi connectivity index (χ1) is 13.6. The van der Waals surface area contributed by atoms with Gasteiger partial charge in [-0.15, -0.1) is 0 Å². The molecule has 0 N–H and O–H groups in total. The topological polar surface area (TPSA) is 38.7 Å². The molecule has 1 aliphatic rings. The molecular weight excluding hydrogens is 389 g/mol. The van der Waals surface area contributed by atoms with Crippen molar-refractivity contribution in [3.8, 4) is 11.1 Å². The molecule has 1 unspecified atom stereocenters. The molecule has 1 aliphatic heterocycles. The average Bonchev–Trinajstić information content (AvgIpc) is 3.04. The molecule has 0 radical (unpaired) electrons. The monoisotopic (exact) mass is 415 g/mol. The highest BCUT2D eigenvalue weighted by atomic mass is 35.5. The molecule has 0 aromatic heterocycles. The van der Waals surface area contributed by atoms with Crippen molar-refractivity contribution in [2.45, 2.75) is 53.1 Å². The van der Waals surface area contributed by atoms with Crippen LogP contribution in [0.15, 0.2) is 41.6 Å². The summed E-state index contributed by atoms with van der Waals surface area (Å²) >= 11 is 5.91. The van der Waals surface area contributed by atoms with Gasteiger partial charge in [0.15, 0.2) is 5.78 Å². The van der Waals surface area contributed by atoms with E-state index in [2.05, 4.69) is 19.0 Å². The summed E-state index contributed by atoms with van der Waals surface area (Å²) in [5, 5.41) is 4.64. The van der Waals surface area contributed by atoms with Crippen molar-refractivity contribution in [2.24, 2.45) is 17.0 Å². The summed E-state index contributed by atoms with van der Waals surface area (Å²) in [5.74, 6) is 0.123. The van der Waals surface area contributed by atoms with E-state index in [0.29, 0.717) is 34.6 Å². The van der Waals surface area contributed by atoms with Crippen LogP contribution < -0.4 is 0 Å². The Kier molecular flexibility index (Phi) is 6.13. The molecule has 0 spiro atoms. The van der Waals surface area contributed by atoms with Crippen LogP contribution in [0, 0.1) is 17.7 Å². The summed E-state index contributed by atoms with van der Waals surface area (Å²) in [4.78, 5) is 18.5. The van der Waals surface area contributed by atoms with Gasteiger partial charge in [-0.2, -0.15) is 0 Å². The standard InChI is InChI=1S/C24H27ClFNO2/c1-14(2)8-23(28)18-10-16(20-7-6-19(25)12-21(20)26)9-17(11-18)22-13-24(5,15(3)4)29-27-22/h6-7,9-12,14-15H,8,13H2,1-5H3. The number of hydrogen-bond acceptors (Lipinski definition) is 3. The van der Waals surface area contributed by atoms with Crippen LogP contribution in [-0.2, 0) is 4.84 Å². The number of ketones is 1. The van der Waals surface area contributed by atoms with Crippen LogP contribution in [0.2, 0.25) is 5.02 Å². The van der Waals surface area contributed by atoms with Gasteiger partial charge in [0.25, 0.3) is 0 Å². The fourth-order valence-electron chi connectivity index (χ4n) is 3.34. The highest BCUT2D eigenvalue weighted by Crippen LogP contribution is 2.35. The van der Waals surface area contributed by atoms with E-state index in [4.69, 9.17) is 16.4 Å². The van der Waals surface area contributed by atoms with Gasteiger partial charge in [0, 0.05) is 34.6 Å².